The number of carbonyl (C=O) groups excluding carboxylic acids is 1. The Morgan fingerprint density at radius 3 is 2.69 bits per heavy atom. The van der Waals surface area contributed by atoms with E-state index in [1.165, 1.54) is 0 Å². The van der Waals surface area contributed by atoms with E-state index in [4.69, 9.17) is 5.73 Å². The molecule has 1 saturated heterocycles. The predicted octanol–water partition coefficient (Wildman–Crippen LogP) is 0.487. The minimum absolute atomic E-state index is 0.0222. The highest BCUT2D eigenvalue weighted by molar-refractivity contribution is 5.76. The number of rotatable bonds is 2. The maximum atomic E-state index is 11.0. The summed E-state index contributed by atoms with van der Waals surface area (Å²) in [6.07, 6.45) is 5.12. The van der Waals surface area contributed by atoms with Crippen LogP contribution in [0.4, 0.5) is 5.82 Å². The van der Waals surface area contributed by atoms with Gasteiger partial charge in [-0.05, 0) is 19.8 Å². The van der Waals surface area contributed by atoms with Gasteiger partial charge in [0.05, 0.1) is 11.9 Å². The highest BCUT2D eigenvalue weighted by Crippen LogP contribution is 2.20. The third-order valence-corrected chi connectivity index (χ3v) is 2.96. The second-order valence-corrected chi connectivity index (χ2v) is 4.18. The molecule has 1 aliphatic rings. The van der Waals surface area contributed by atoms with E-state index in [0.29, 0.717) is 0 Å². The van der Waals surface area contributed by atoms with Gasteiger partial charge in [0.2, 0.25) is 5.91 Å². The van der Waals surface area contributed by atoms with Gasteiger partial charge in [0.1, 0.15) is 5.82 Å². The fraction of sp³-hybridized carbons (Fsp3) is 0.545. The van der Waals surface area contributed by atoms with Crippen LogP contribution >= 0.6 is 0 Å². The summed E-state index contributed by atoms with van der Waals surface area (Å²) >= 11 is 0. The number of aryl methyl sites for hydroxylation is 1. The van der Waals surface area contributed by atoms with Crippen molar-refractivity contribution >= 4 is 11.7 Å². The van der Waals surface area contributed by atoms with E-state index in [-0.39, 0.29) is 11.8 Å². The first-order valence-corrected chi connectivity index (χ1v) is 5.49. The van der Waals surface area contributed by atoms with Gasteiger partial charge < -0.3 is 10.6 Å². The summed E-state index contributed by atoms with van der Waals surface area (Å²) in [5.74, 6) is 0.729. The van der Waals surface area contributed by atoms with Gasteiger partial charge in [-0.3, -0.25) is 9.78 Å². The lowest BCUT2D eigenvalue weighted by Crippen LogP contribution is -2.39. The number of anilines is 1. The van der Waals surface area contributed by atoms with Gasteiger partial charge in [-0.25, -0.2) is 4.98 Å². The molecule has 0 atom stereocenters. The Kier molecular flexibility index (Phi) is 3.03. The van der Waals surface area contributed by atoms with Crippen molar-refractivity contribution in [2.24, 2.45) is 11.7 Å². The molecule has 0 unspecified atom stereocenters. The summed E-state index contributed by atoms with van der Waals surface area (Å²) in [4.78, 5) is 21.7. The van der Waals surface area contributed by atoms with Crippen LogP contribution in [0.5, 0.6) is 0 Å². The monoisotopic (exact) mass is 220 g/mol. The third kappa shape index (κ3) is 2.29. The normalized spacial score (nSPS) is 17.4. The van der Waals surface area contributed by atoms with E-state index < -0.39 is 0 Å². The summed E-state index contributed by atoms with van der Waals surface area (Å²) in [6.45, 7) is 3.57. The third-order valence-electron chi connectivity index (χ3n) is 2.96. The van der Waals surface area contributed by atoms with Crippen molar-refractivity contribution in [3.8, 4) is 0 Å². The van der Waals surface area contributed by atoms with E-state index in [0.717, 1.165) is 37.4 Å². The fourth-order valence-corrected chi connectivity index (χ4v) is 2.00. The number of nitrogens with zero attached hydrogens (tertiary/aromatic N) is 3. The molecule has 16 heavy (non-hydrogen) atoms. The van der Waals surface area contributed by atoms with E-state index >= 15 is 0 Å². The molecule has 0 radical (unpaired) electrons. The number of hydrogen-bond donors (Lipinski definition) is 1. The van der Waals surface area contributed by atoms with Crippen molar-refractivity contribution in [2.45, 2.75) is 19.8 Å². The lowest BCUT2D eigenvalue weighted by atomic mass is 9.96. The summed E-state index contributed by atoms with van der Waals surface area (Å²) in [5.41, 5.74) is 6.20. The fourth-order valence-electron chi connectivity index (χ4n) is 2.00. The summed E-state index contributed by atoms with van der Waals surface area (Å²) in [6, 6.07) is 0. The molecule has 5 nitrogen and oxygen atoms in total. The van der Waals surface area contributed by atoms with Gasteiger partial charge in [0, 0.05) is 25.2 Å². The Morgan fingerprint density at radius 1 is 1.44 bits per heavy atom. The topological polar surface area (TPSA) is 72.1 Å². The molecule has 0 saturated carbocycles. The predicted molar refractivity (Wildman–Crippen MR) is 60.9 cm³/mol. The first-order valence-electron chi connectivity index (χ1n) is 5.49. The Morgan fingerprint density at radius 2 is 2.12 bits per heavy atom. The Labute approximate surface area is 94.7 Å². The molecule has 0 bridgehead atoms. The van der Waals surface area contributed by atoms with Crippen molar-refractivity contribution in [1.29, 1.82) is 0 Å². The first-order chi connectivity index (χ1) is 7.66. The van der Waals surface area contributed by atoms with Gasteiger partial charge in [0.25, 0.3) is 0 Å². The van der Waals surface area contributed by atoms with Crippen LogP contribution in [0, 0.1) is 12.8 Å². The van der Waals surface area contributed by atoms with E-state index in [9.17, 15) is 4.79 Å². The summed E-state index contributed by atoms with van der Waals surface area (Å²) in [5, 5.41) is 0. The van der Waals surface area contributed by atoms with Crippen molar-refractivity contribution < 1.29 is 4.79 Å². The molecule has 1 aromatic heterocycles. The molecule has 2 N–H and O–H groups in total. The quantitative estimate of drug-likeness (QED) is 0.787. The number of primary amides is 1. The second-order valence-electron chi connectivity index (χ2n) is 4.18. The molecule has 86 valence electrons. The SMILES string of the molecule is Cc1cncc(N2CCC(C(N)=O)CC2)n1. The Hall–Kier alpha value is -1.65. The smallest absolute Gasteiger partial charge is 0.220 e. The number of piperidine rings is 1. The molecule has 2 heterocycles. The zero-order valence-electron chi connectivity index (χ0n) is 9.39. The van der Waals surface area contributed by atoms with Gasteiger partial charge in [-0.2, -0.15) is 0 Å². The van der Waals surface area contributed by atoms with Crippen LogP contribution in [0.3, 0.4) is 0 Å². The van der Waals surface area contributed by atoms with Gasteiger partial charge >= 0.3 is 0 Å². The van der Waals surface area contributed by atoms with E-state index in [1.807, 2.05) is 6.92 Å². The number of hydrogen-bond acceptors (Lipinski definition) is 4. The lowest BCUT2D eigenvalue weighted by Gasteiger charge is -2.31. The summed E-state index contributed by atoms with van der Waals surface area (Å²) < 4.78 is 0. The van der Waals surface area contributed by atoms with Crippen LogP contribution in [-0.2, 0) is 4.79 Å². The maximum absolute atomic E-state index is 11.0. The Bertz CT molecular complexity index is 385. The molecule has 0 aromatic carbocycles. The van der Waals surface area contributed by atoms with E-state index in [1.54, 1.807) is 12.4 Å². The first kappa shape index (κ1) is 10.9. The van der Waals surface area contributed by atoms with Crippen molar-refractivity contribution in [3.05, 3.63) is 18.1 Å². The number of aromatic nitrogens is 2. The number of carbonyl (C=O) groups is 1. The van der Waals surface area contributed by atoms with Crippen molar-refractivity contribution in [3.63, 3.8) is 0 Å². The van der Waals surface area contributed by atoms with Crippen LogP contribution in [0.1, 0.15) is 18.5 Å². The number of amides is 1. The van der Waals surface area contributed by atoms with Crippen LogP contribution in [0.2, 0.25) is 0 Å². The molecule has 1 amide bonds. The molecule has 1 aromatic rings. The van der Waals surface area contributed by atoms with Crippen LogP contribution in [0.15, 0.2) is 12.4 Å². The largest absolute Gasteiger partial charge is 0.369 e. The molecule has 5 heteroatoms. The van der Waals surface area contributed by atoms with Crippen LogP contribution < -0.4 is 10.6 Å². The highest BCUT2D eigenvalue weighted by Gasteiger charge is 2.23. The standard InChI is InChI=1S/C11H16N4O/c1-8-6-13-7-10(14-8)15-4-2-9(3-5-15)11(12)16/h6-7,9H,2-5H2,1H3,(H2,12,16). The lowest BCUT2D eigenvalue weighted by molar-refractivity contribution is -0.122. The van der Waals surface area contributed by atoms with Gasteiger partial charge in [0.15, 0.2) is 0 Å². The average molecular weight is 220 g/mol. The van der Waals surface area contributed by atoms with Gasteiger partial charge in [-0.15, -0.1) is 0 Å². The summed E-state index contributed by atoms with van der Waals surface area (Å²) in [7, 11) is 0. The van der Waals surface area contributed by atoms with Crippen LogP contribution in [-0.4, -0.2) is 29.0 Å². The second kappa shape index (κ2) is 4.47. The molecule has 1 aliphatic heterocycles. The minimum Gasteiger partial charge on any atom is -0.369 e. The molecule has 0 spiro atoms. The van der Waals surface area contributed by atoms with Crippen molar-refractivity contribution in [2.75, 3.05) is 18.0 Å². The molecular formula is C11H16N4O. The maximum Gasteiger partial charge on any atom is 0.220 e. The molecule has 2 rings (SSSR count). The van der Waals surface area contributed by atoms with Crippen molar-refractivity contribution in [1.82, 2.24) is 9.97 Å². The zero-order chi connectivity index (χ0) is 11.5. The minimum atomic E-state index is -0.185. The van der Waals surface area contributed by atoms with Gasteiger partial charge in [-0.1, -0.05) is 0 Å². The molecule has 1 fully saturated rings. The number of nitrogens with two attached hydrogens (primary N) is 1. The Balaban J connectivity index is 2.01. The zero-order valence-corrected chi connectivity index (χ0v) is 9.39. The highest BCUT2D eigenvalue weighted by atomic mass is 16.1. The average Bonchev–Trinajstić information content (AvgIpc) is 2.29. The van der Waals surface area contributed by atoms with Crippen LogP contribution in [0.25, 0.3) is 0 Å². The van der Waals surface area contributed by atoms with E-state index in [2.05, 4.69) is 14.9 Å². The molecular weight excluding hydrogens is 204 g/mol. The molecule has 0 aliphatic carbocycles.